The highest BCUT2D eigenvalue weighted by atomic mass is 16.5. The largest absolute Gasteiger partial charge is 0.494 e. The lowest BCUT2D eigenvalue weighted by atomic mass is 10.1. The van der Waals surface area contributed by atoms with E-state index in [0.717, 1.165) is 17.1 Å². The Morgan fingerprint density at radius 1 is 1.04 bits per heavy atom. The number of carbonyl (C=O) groups is 1. The Morgan fingerprint density at radius 2 is 1.67 bits per heavy atom. The number of amides is 1. The van der Waals surface area contributed by atoms with Crippen LogP contribution in [-0.4, -0.2) is 19.1 Å². The molecule has 0 aliphatic carbocycles. The maximum atomic E-state index is 12.1. The minimum atomic E-state index is -0.00548. The second kappa shape index (κ2) is 8.39. The van der Waals surface area contributed by atoms with Crippen LogP contribution in [-0.2, 0) is 4.79 Å². The number of hydrogen-bond acceptors (Lipinski definition) is 3. The van der Waals surface area contributed by atoms with E-state index in [4.69, 9.17) is 4.74 Å². The van der Waals surface area contributed by atoms with Crippen molar-refractivity contribution in [3.63, 3.8) is 0 Å². The molecule has 2 aromatic carbocycles. The van der Waals surface area contributed by atoms with Gasteiger partial charge in [0.25, 0.3) is 0 Å². The highest BCUT2D eigenvalue weighted by Gasteiger charge is 2.06. The van der Waals surface area contributed by atoms with E-state index < -0.39 is 0 Å². The van der Waals surface area contributed by atoms with Gasteiger partial charge in [-0.1, -0.05) is 17.7 Å². The first kappa shape index (κ1) is 17.9. The van der Waals surface area contributed by atoms with E-state index >= 15 is 0 Å². The highest BCUT2D eigenvalue weighted by Crippen LogP contribution is 2.22. The van der Waals surface area contributed by atoms with Crippen LogP contribution in [0.5, 0.6) is 5.75 Å². The van der Waals surface area contributed by atoms with Crippen molar-refractivity contribution in [2.24, 2.45) is 0 Å². The highest BCUT2D eigenvalue weighted by molar-refractivity contribution is 5.91. The Balaban J connectivity index is 1.83. The lowest BCUT2D eigenvalue weighted by Gasteiger charge is -2.14. The van der Waals surface area contributed by atoms with Crippen LogP contribution in [0.2, 0.25) is 0 Å². The summed E-state index contributed by atoms with van der Waals surface area (Å²) in [6, 6.07) is 11.7. The topological polar surface area (TPSA) is 50.4 Å². The van der Waals surface area contributed by atoms with E-state index in [-0.39, 0.29) is 5.91 Å². The van der Waals surface area contributed by atoms with E-state index in [0.29, 0.717) is 19.6 Å². The zero-order valence-corrected chi connectivity index (χ0v) is 14.9. The molecule has 0 aliphatic heterocycles. The molecule has 2 N–H and O–H groups in total. The molecule has 0 saturated carbocycles. The molecule has 0 aromatic heterocycles. The van der Waals surface area contributed by atoms with E-state index in [1.54, 1.807) is 0 Å². The van der Waals surface area contributed by atoms with Crippen LogP contribution >= 0.6 is 0 Å². The number of benzene rings is 2. The van der Waals surface area contributed by atoms with Gasteiger partial charge in [0, 0.05) is 24.3 Å². The van der Waals surface area contributed by atoms with Crippen LogP contribution in [0.1, 0.15) is 30.0 Å². The summed E-state index contributed by atoms with van der Waals surface area (Å²) in [6.45, 7) is 9.45. The molecule has 2 rings (SSSR count). The number of nitrogens with one attached hydrogen (secondary N) is 2. The Morgan fingerprint density at radius 3 is 2.25 bits per heavy atom. The van der Waals surface area contributed by atoms with Gasteiger partial charge in [0.1, 0.15) is 5.75 Å². The molecule has 4 heteroatoms. The van der Waals surface area contributed by atoms with Crippen LogP contribution < -0.4 is 15.4 Å². The van der Waals surface area contributed by atoms with Gasteiger partial charge in [-0.2, -0.15) is 0 Å². The molecule has 0 saturated heterocycles. The molecule has 0 aliphatic rings. The summed E-state index contributed by atoms with van der Waals surface area (Å²) < 4.78 is 5.39. The summed E-state index contributed by atoms with van der Waals surface area (Å²) in [4.78, 5) is 12.1. The molecule has 24 heavy (non-hydrogen) atoms. The van der Waals surface area contributed by atoms with Gasteiger partial charge in [0.15, 0.2) is 0 Å². The third-order valence-corrected chi connectivity index (χ3v) is 3.78. The molecule has 0 fully saturated rings. The molecular formula is C20H26N2O2. The maximum absolute atomic E-state index is 12.1. The summed E-state index contributed by atoms with van der Waals surface area (Å²) >= 11 is 0. The average Bonchev–Trinajstić information content (AvgIpc) is 2.52. The van der Waals surface area contributed by atoms with Gasteiger partial charge in [-0.05, 0) is 63.1 Å². The SMILES string of the molecule is CCOc1ccc(NC(=O)CCNc2c(C)cc(C)cc2C)cc1. The smallest absolute Gasteiger partial charge is 0.226 e. The quantitative estimate of drug-likeness (QED) is 0.790. The fourth-order valence-corrected chi connectivity index (χ4v) is 2.78. The van der Waals surface area contributed by atoms with E-state index in [1.165, 1.54) is 16.7 Å². The zero-order valence-electron chi connectivity index (χ0n) is 14.9. The minimum absolute atomic E-state index is 0.00548. The lowest BCUT2D eigenvalue weighted by molar-refractivity contribution is -0.115. The second-order valence-electron chi connectivity index (χ2n) is 5.96. The molecule has 128 valence electrons. The van der Waals surface area contributed by atoms with Crippen molar-refractivity contribution in [2.45, 2.75) is 34.1 Å². The number of ether oxygens (including phenoxy) is 1. The molecule has 0 radical (unpaired) electrons. The Labute approximate surface area is 144 Å². The van der Waals surface area contributed by atoms with Gasteiger partial charge < -0.3 is 15.4 Å². The van der Waals surface area contributed by atoms with Gasteiger partial charge >= 0.3 is 0 Å². The van der Waals surface area contributed by atoms with Gasteiger partial charge in [-0.25, -0.2) is 0 Å². The third kappa shape index (κ3) is 5.01. The molecule has 0 atom stereocenters. The number of anilines is 2. The number of carbonyl (C=O) groups excluding carboxylic acids is 1. The Bertz CT molecular complexity index is 670. The maximum Gasteiger partial charge on any atom is 0.226 e. The first-order valence-electron chi connectivity index (χ1n) is 8.34. The molecule has 1 amide bonds. The monoisotopic (exact) mass is 326 g/mol. The van der Waals surface area contributed by atoms with Crippen molar-refractivity contribution in [1.29, 1.82) is 0 Å². The number of aryl methyl sites for hydroxylation is 3. The lowest BCUT2D eigenvalue weighted by Crippen LogP contribution is -2.16. The zero-order chi connectivity index (χ0) is 17.5. The molecule has 0 bridgehead atoms. The predicted octanol–water partition coefficient (Wildman–Crippen LogP) is 4.45. The fourth-order valence-electron chi connectivity index (χ4n) is 2.78. The number of hydrogen-bond donors (Lipinski definition) is 2. The Kier molecular flexibility index (Phi) is 6.24. The first-order chi connectivity index (χ1) is 11.5. The number of rotatable bonds is 7. The van der Waals surface area contributed by atoms with Crippen molar-refractivity contribution >= 4 is 17.3 Å². The van der Waals surface area contributed by atoms with E-state index in [2.05, 4.69) is 43.5 Å². The van der Waals surface area contributed by atoms with Crippen molar-refractivity contribution in [1.82, 2.24) is 0 Å². The van der Waals surface area contributed by atoms with Crippen molar-refractivity contribution in [3.8, 4) is 5.75 Å². The standard InChI is InChI=1S/C20H26N2O2/c1-5-24-18-8-6-17(7-9-18)22-19(23)10-11-21-20-15(3)12-14(2)13-16(20)4/h6-9,12-13,21H,5,10-11H2,1-4H3,(H,22,23). The van der Waals surface area contributed by atoms with Gasteiger partial charge in [0.05, 0.1) is 6.61 Å². The van der Waals surface area contributed by atoms with Crippen LogP contribution in [0.4, 0.5) is 11.4 Å². The molecule has 0 heterocycles. The van der Waals surface area contributed by atoms with Crippen molar-refractivity contribution in [3.05, 3.63) is 53.1 Å². The predicted molar refractivity (Wildman–Crippen MR) is 100 cm³/mol. The summed E-state index contributed by atoms with van der Waals surface area (Å²) in [7, 11) is 0. The van der Waals surface area contributed by atoms with Gasteiger partial charge in [0.2, 0.25) is 5.91 Å². The molecular weight excluding hydrogens is 300 g/mol. The minimum Gasteiger partial charge on any atom is -0.494 e. The van der Waals surface area contributed by atoms with Gasteiger partial charge in [-0.3, -0.25) is 4.79 Å². The Hall–Kier alpha value is -2.49. The normalized spacial score (nSPS) is 10.3. The average molecular weight is 326 g/mol. The second-order valence-corrected chi connectivity index (χ2v) is 5.96. The molecule has 0 spiro atoms. The summed E-state index contributed by atoms with van der Waals surface area (Å²) in [6.07, 6.45) is 0.417. The van der Waals surface area contributed by atoms with E-state index in [9.17, 15) is 4.79 Å². The molecule has 4 nitrogen and oxygen atoms in total. The van der Waals surface area contributed by atoms with Crippen LogP contribution in [0.3, 0.4) is 0 Å². The third-order valence-electron chi connectivity index (χ3n) is 3.78. The van der Waals surface area contributed by atoms with Gasteiger partial charge in [-0.15, -0.1) is 0 Å². The summed E-state index contributed by atoms with van der Waals surface area (Å²) in [5, 5.41) is 6.27. The summed E-state index contributed by atoms with van der Waals surface area (Å²) in [5.41, 5.74) is 5.57. The molecule has 2 aromatic rings. The first-order valence-corrected chi connectivity index (χ1v) is 8.34. The van der Waals surface area contributed by atoms with Crippen LogP contribution in [0, 0.1) is 20.8 Å². The van der Waals surface area contributed by atoms with Crippen molar-refractivity contribution < 1.29 is 9.53 Å². The van der Waals surface area contributed by atoms with E-state index in [1.807, 2.05) is 31.2 Å². The van der Waals surface area contributed by atoms with Crippen LogP contribution in [0.15, 0.2) is 36.4 Å². The summed E-state index contributed by atoms with van der Waals surface area (Å²) in [5.74, 6) is 0.802. The van der Waals surface area contributed by atoms with Crippen LogP contribution in [0.25, 0.3) is 0 Å². The molecule has 0 unspecified atom stereocenters. The van der Waals surface area contributed by atoms with Crippen molar-refractivity contribution in [2.75, 3.05) is 23.8 Å². The fraction of sp³-hybridized carbons (Fsp3) is 0.350.